The van der Waals surface area contributed by atoms with Gasteiger partial charge >= 0.3 is 18.2 Å². The number of carboxylic acids is 1. The van der Waals surface area contributed by atoms with Gasteiger partial charge in [0.15, 0.2) is 0 Å². The molecular formula is C12H21F3N2O3. The minimum atomic E-state index is -4.47. The standard InChI is InChI=1S/C12H21F3N2O3/c1-4-6-17(8-12(13,14)15)11(20)16(5-2)7-9(3)10(18)19/h9H,4-8H2,1-3H3,(H,18,19). The number of rotatable bonds is 7. The molecule has 0 saturated heterocycles. The summed E-state index contributed by atoms with van der Waals surface area (Å²) < 4.78 is 37.3. The SMILES string of the molecule is CCCN(CC(F)(F)F)C(=O)N(CC)CC(C)C(=O)O. The third kappa shape index (κ3) is 6.63. The minimum absolute atomic E-state index is 0.0176. The van der Waals surface area contributed by atoms with E-state index in [0.717, 1.165) is 4.90 Å². The highest BCUT2D eigenvalue weighted by Gasteiger charge is 2.34. The van der Waals surface area contributed by atoms with Crippen molar-refractivity contribution in [3.8, 4) is 0 Å². The van der Waals surface area contributed by atoms with E-state index in [1.807, 2.05) is 0 Å². The van der Waals surface area contributed by atoms with Gasteiger partial charge in [0.25, 0.3) is 0 Å². The Hall–Kier alpha value is -1.47. The predicted octanol–water partition coefficient (Wildman–Crippen LogP) is 2.42. The molecule has 8 heteroatoms. The van der Waals surface area contributed by atoms with Crippen LogP contribution in [-0.2, 0) is 4.79 Å². The topological polar surface area (TPSA) is 60.9 Å². The van der Waals surface area contributed by atoms with Gasteiger partial charge in [-0.2, -0.15) is 13.2 Å². The molecule has 0 spiro atoms. The van der Waals surface area contributed by atoms with Crippen LogP contribution in [0.15, 0.2) is 0 Å². The summed E-state index contributed by atoms with van der Waals surface area (Å²) in [7, 11) is 0. The lowest BCUT2D eigenvalue weighted by Gasteiger charge is -2.31. The second-order valence-electron chi connectivity index (χ2n) is 4.60. The van der Waals surface area contributed by atoms with Crippen LogP contribution in [0.2, 0.25) is 0 Å². The molecule has 20 heavy (non-hydrogen) atoms. The van der Waals surface area contributed by atoms with Gasteiger partial charge in [0.1, 0.15) is 6.54 Å². The third-order valence-corrected chi connectivity index (χ3v) is 2.70. The molecule has 0 radical (unpaired) electrons. The number of carbonyl (C=O) groups excluding carboxylic acids is 1. The molecule has 0 aliphatic heterocycles. The van der Waals surface area contributed by atoms with Crippen LogP contribution in [-0.4, -0.2) is 59.3 Å². The Morgan fingerprint density at radius 1 is 1.20 bits per heavy atom. The largest absolute Gasteiger partial charge is 0.481 e. The molecule has 0 rings (SSSR count). The summed E-state index contributed by atoms with van der Waals surface area (Å²) in [5, 5.41) is 8.81. The van der Waals surface area contributed by atoms with E-state index >= 15 is 0 Å². The van der Waals surface area contributed by atoms with Crippen LogP contribution in [0.5, 0.6) is 0 Å². The van der Waals surface area contributed by atoms with Crippen LogP contribution in [0.1, 0.15) is 27.2 Å². The van der Waals surface area contributed by atoms with Gasteiger partial charge in [0, 0.05) is 19.6 Å². The summed E-state index contributed by atoms with van der Waals surface area (Å²) >= 11 is 0. The summed E-state index contributed by atoms with van der Waals surface area (Å²) in [5.41, 5.74) is 0. The van der Waals surface area contributed by atoms with Gasteiger partial charge in [-0.1, -0.05) is 13.8 Å². The second-order valence-corrected chi connectivity index (χ2v) is 4.60. The first kappa shape index (κ1) is 18.5. The highest BCUT2D eigenvalue weighted by Crippen LogP contribution is 2.18. The number of carboxylic acid groups (broad SMARTS) is 1. The molecule has 0 aliphatic carbocycles. The van der Waals surface area contributed by atoms with Gasteiger partial charge < -0.3 is 14.9 Å². The maximum Gasteiger partial charge on any atom is 0.406 e. The Labute approximate surface area is 116 Å². The minimum Gasteiger partial charge on any atom is -0.481 e. The summed E-state index contributed by atoms with van der Waals surface area (Å²) in [6, 6.07) is -0.778. The number of amides is 2. The molecule has 5 nitrogen and oxygen atoms in total. The molecular weight excluding hydrogens is 277 g/mol. The van der Waals surface area contributed by atoms with E-state index in [-0.39, 0.29) is 19.6 Å². The van der Waals surface area contributed by atoms with Crippen molar-refractivity contribution >= 4 is 12.0 Å². The fourth-order valence-electron chi connectivity index (χ4n) is 1.68. The van der Waals surface area contributed by atoms with Gasteiger partial charge in [0.2, 0.25) is 0 Å². The molecule has 0 aromatic rings. The van der Waals surface area contributed by atoms with E-state index in [9.17, 15) is 22.8 Å². The van der Waals surface area contributed by atoms with Gasteiger partial charge in [-0.25, -0.2) is 4.79 Å². The van der Waals surface area contributed by atoms with Crippen molar-refractivity contribution in [1.82, 2.24) is 9.80 Å². The number of alkyl halides is 3. The molecule has 0 fully saturated rings. The number of aliphatic carboxylic acids is 1. The smallest absolute Gasteiger partial charge is 0.406 e. The molecule has 1 N–H and O–H groups in total. The fourth-order valence-corrected chi connectivity index (χ4v) is 1.68. The Bertz CT molecular complexity index is 334. The Balaban J connectivity index is 4.86. The van der Waals surface area contributed by atoms with Gasteiger partial charge in [0.05, 0.1) is 5.92 Å². The van der Waals surface area contributed by atoms with Crippen LogP contribution >= 0.6 is 0 Å². The summed E-state index contributed by atoms with van der Waals surface area (Å²) in [5.74, 6) is -1.91. The highest BCUT2D eigenvalue weighted by molar-refractivity contribution is 5.76. The fraction of sp³-hybridized carbons (Fsp3) is 0.833. The first-order valence-corrected chi connectivity index (χ1v) is 6.45. The van der Waals surface area contributed by atoms with E-state index in [2.05, 4.69) is 0 Å². The van der Waals surface area contributed by atoms with Gasteiger partial charge in [-0.15, -0.1) is 0 Å². The molecule has 118 valence electrons. The normalized spacial score (nSPS) is 12.9. The van der Waals surface area contributed by atoms with E-state index in [1.54, 1.807) is 13.8 Å². The average molecular weight is 298 g/mol. The number of carbonyl (C=O) groups is 2. The number of urea groups is 1. The van der Waals surface area contributed by atoms with Crippen molar-refractivity contribution in [1.29, 1.82) is 0 Å². The van der Waals surface area contributed by atoms with E-state index < -0.39 is 30.6 Å². The van der Waals surface area contributed by atoms with E-state index in [1.165, 1.54) is 6.92 Å². The zero-order valence-electron chi connectivity index (χ0n) is 11.9. The molecule has 0 heterocycles. The molecule has 2 amide bonds. The molecule has 1 atom stereocenters. The monoisotopic (exact) mass is 298 g/mol. The molecule has 0 aromatic heterocycles. The Kier molecular flexibility index (Phi) is 7.38. The van der Waals surface area contributed by atoms with Crippen LogP contribution < -0.4 is 0 Å². The summed E-state index contributed by atoms with van der Waals surface area (Å²) in [4.78, 5) is 24.7. The lowest BCUT2D eigenvalue weighted by atomic mass is 10.2. The predicted molar refractivity (Wildman–Crippen MR) is 67.4 cm³/mol. The number of hydrogen-bond donors (Lipinski definition) is 1. The summed E-state index contributed by atoms with van der Waals surface area (Å²) in [6.07, 6.45) is -4.07. The van der Waals surface area contributed by atoms with Crippen LogP contribution in [0, 0.1) is 5.92 Å². The summed E-state index contributed by atoms with van der Waals surface area (Å²) in [6.45, 7) is 3.40. The number of halogens is 3. The lowest BCUT2D eigenvalue weighted by molar-refractivity contribution is -0.143. The Morgan fingerprint density at radius 2 is 1.75 bits per heavy atom. The van der Waals surface area contributed by atoms with Crippen LogP contribution in [0.4, 0.5) is 18.0 Å². The van der Waals surface area contributed by atoms with Gasteiger partial charge in [-0.3, -0.25) is 4.79 Å². The number of hydrogen-bond acceptors (Lipinski definition) is 2. The Morgan fingerprint density at radius 3 is 2.10 bits per heavy atom. The van der Waals surface area contributed by atoms with E-state index in [4.69, 9.17) is 5.11 Å². The van der Waals surface area contributed by atoms with Crippen molar-refractivity contribution in [3.05, 3.63) is 0 Å². The van der Waals surface area contributed by atoms with Crippen molar-refractivity contribution < 1.29 is 27.9 Å². The molecule has 0 aromatic carbocycles. The molecule has 0 bridgehead atoms. The van der Waals surface area contributed by atoms with Gasteiger partial charge in [-0.05, 0) is 13.3 Å². The van der Waals surface area contributed by atoms with Crippen molar-refractivity contribution in [2.75, 3.05) is 26.2 Å². The third-order valence-electron chi connectivity index (χ3n) is 2.70. The highest BCUT2D eigenvalue weighted by atomic mass is 19.4. The van der Waals surface area contributed by atoms with E-state index in [0.29, 0.717) is 11.3 Å². The van der Waals surface area contributed by atoms with Crippen LogP contribution in [0.3, 0.4) is 0 Å². The average Bonchev–Trinajstić information content (AvgIpc) is 2.32. The van der Waals surface area contributed by atoms with Crippen molar-refractivity contribution in [2.24, 2.45) is 5.92 Å². The van der Waals surface area contributed by atoms with Crippen molar-refractivity contribution in [2.45, 2.75) is 33.4 Å². The quantitative estimate of drug-likeness (QED) is 0.785. The first-order valence-electron chi connectivity index (χ1n) is 6.45. The second kappa shape index (κ2) is 7.96. The maximum atomic E-state index is 12.4. The zero-order chi connectivity index (χ0) is 15.9. The first-order chi connectivity index (χ1) is 9.12. The molecule has 0 aliphatic rings. The van der Waals surface area contributed by atoms with Crippen molar-refractivity contribution in [3.63, 3.8) is 0 Å². The molecule has 1 unspecified atom stereocenters. The lowest BCUT2D eigenvalue weighted by Crippen LogP contribution is -2.48. The maximum absolute atomic E-state index is 12.4. The van der Waals surface area contributed by atoms with Crippen LogP contribution in [0.25, 0.3) is 0 Å². The number of nitrogens with zero attached hydrogens (tertiary/aromatic N) is 2. The zero-order valence-corrected chi connectivity index (χ0v) is 11.9. The molecule has 0 saturated carbocycles.